The number of benzene rings is 2. The van der Waals surface area contributed by atoms with Crippen molar-refractivity contribution >= 4 is 30.8 Å². The molecule has 0 aromatic heterocycles. The summed E-state index contributed by atoms with van der Waals surface area (Å²) in [6, 6.07) is 13.3. The molecular formula is C14H13Cl2O3P. The van der Waals surface area contributed by atoms with Gasteiger partial charge in [-0.1, -0.05) is 30.1 Å². The van der Waals surface area contributed by atoms with Gasteiger partial charge in [-0.2, -0.15) is 0 Å². The van der Waals surface area contributed by atoms with E-state index < -0.39 is 7.60 Å². The Morgan fingerprint density at radius 1 is 0.850 bits per heavy atom. The summed E-state index contributed by atoms with van der Waals surface area (Å²) in [5.74, 6) is 0.905. The Balaban J connectivity index is 2.14. The lowest BCUT2D eigenvalue weighted by atomic mass is 10.3. The second-order valence-electron chi connectivity index (χ2n) is 4.02. The summed E-state index contributed by atoms with van der Waals surface area (Å²) >= 11 is 11.6. The van der Waals surface area contributed by atoms with Crippen molar-refractivity contribution in [1.82, 2.24) is 0 Å². The van der Waals surface area contributed by atoms with Crippen LogP contribution >= 0.6 is 30.8 Å². The Hall–Kier alpha value is -1.15. The number of halogens is 2. The molecule has 106 valence electrons. The third kappa shape index (κ3) is 4.17. The first kappa shape index (κ1) is 15.2. The topological polar surface area (TPSA) is 35.5 Å². The highest BCUT2D eigenvalue weighted by molar-refractivity contribution is 7.54. The number of hydrogen-bond acceptors (Lipinski definition) is 3. The maximum atomic E-state index is 12.6. The highest BCUT2D eigenvalue weighted by Gasteiger charge is 2.25. The molecule has 0 atom stereocenters. The zero-order valence-corrected chi connectivity index (χ0v) is 13.2. The van der Waals surface area contributed by atoms with E-state index in [4.69, 9.17) is 32.2 Å². The maximum absolute atomic E-state index is 12.6. The van der Waals surface area contributed by atoms with Crippen LogP contribution in [0.2, 0.25) is 10.0 Å². The first-order valence-corrected chi connectivity index (χ1v) is 8.48. The first-order chi connectivity index (χ1) is 9.50. The van der Waals surface area contributed by atoms with Gasteiger partial charge in [-0.15, -0.1) is 0 Å². The first-order valence-electron chi connectivity index (χ1n) is 6.00. The standard InChI is InChI=1S/C14H13Cl2O3P/c1-2-20(17,18-13-7-3-11(15)4-8-13)19-14-9-5-12(16)6-10-14/h3-10H,2H2,1H3. The highest BCUT2D eigenvalue weighted by atomic mass is 35.5. The van der Waals surface area contributed by atoms with Crippen molar-refractivity contribution in [3.05, 3.63) is 58.6 Å². The van der Waals surface area contributed by atoms with Gasteiger partial charge in [0.25, 0.3) is 0 Å². The third-order valence-corrected chi connectivity index (χ3v) is 4.76. The molecule has 0 unspecified atom stereocenters. The predicted molar refractivity (Wildman–Crippen MR) is 82.3 cm³/mol. The molecule has 3 nitrogen and oxygen atoms in total. The van der Waals surface area contributed by atoms with E-state index in [1.54, 1.807) is 55.5 Å². The molecular weight excluding hydrogens is 318 g/mol. The van der Waals surface area contributed by atoms with E-state index in [0.717, 1.165) is 0 Å². The van der Waals surface area contributed by atoms with Crippen molar-refractivity contribution in [3.8, 4) is 11.5 Å². The molecule has 6 heteroatoms. The number of hydrogen-bond donors (Lipinski definition) is 0. The maximum Gasteiger partial charge on any atom is 0.430 e. The molecule has 20 heavy (non-hydrogen) atoms. The van der Waals surface area contributed by atoms with E-state index >= 15 is 0 Å². The molecule has 0 N–H and O–H groups in total. The van der Waals surface area contributed by atoms with Crippen LogP contribution in [0.1, 0.15) is 6.92 Å². The SMILES string of the molecule is CCP(=O)(Oc1ccc(Cl)cc1)Oc1ccc(Cl)cc1. The monoisotopic (exact) mass is 330 g/mol. The summed E-state index contributed by atoms with van der Waals surface area (Å²) in [5.41, 5.74) is 0. The van der Waals surface area contributed by atoms with Crippen LogP contribution in [0.4, 0.5) is 0 Å². The van der Waals surface area contributed by atoms with Gasteiger partial charge in [0.2, 0.25) is 0 Å². The van der Waals surface area contributed by atoms with Crippen LogP contribution in [-0.4, -0.2) is 6.16 Å². The summed E-state index contributed by atoms with van der Waals surface area (Å²) in [4.78, 5) is 0. The molecule has 2 rings (SSSR count). The van der Waals surface area contributed by atoms with Gasteiger partial charge in [-0.3, -0.25) is 0 Å². The highest BCUT2D eigenvalue weighted by Crippen LogP contribution is 2.48. The van der Waals surface area contributed by atoms with Crippen LogP contribution < -0.4 is 9.05 Å². The molecule has 0 saturated carbocycles. The van der Waals surface area contributed by atoms with Gasteiger partial charge in [0.15, 0.2) is 0 Å². The minimum absolute atomic E-state index is 0.248. The second-order valence-corrected chi connectivity index (χ2v) is 7.11. The van der Waals surface area contributed by atoms with E-state index in [1.165, 1.54) is 0 Å². The Morgan fingerprint density at radius 3 is 1.50 bits per heavy atom. The zero-order chi connectivity index (χ0) is 14.6. The molecule has 0 aliphatic carbocycles. The van der Waals surface area contributed by atoms with Crippen molar-refractivity contribution in [1.29, 1.82) is 0 Å². The Kier molecular flexibility index (Phi) is 4.98. The molecule has 2 aromatic rings. The summed E-state index contributed by atoms with van der Waals surface area (Å²) in [6.45, 7) is 1.74. The van der Waals surface area contributed by atoms with E-state index in [-0.39, 0.29) is 6.16 Å². The fourth-order valence-electron chi connectivity index (χ4n) is 1.46. The van der Waals surface area contributed by atoms with Gasteiger partial charge in [0.05, 0.1) is 6.16 Å². The normalized spacial score (nSPS) is 11.2. The summed E-state index contributed by atoms with van der Waals surface area (Å²) in [7, 11) is -3.26. The van der Waals surface area contributed by atoms with Crippen LogP contribution in [-0.2, 0) is 4.57 Å². The van der Waals surface area contributed by atoms with Crippen molar-refractivity contribution in [3.63, 3.8) is 0 Å². The van der Waals surface area contributed by atoms with Crippen LogP contribution in [0.5, 0.6) is 11.5 Å². The molecule has 0 bridgehead atoms. The van der Waals surface area contributed by atoms with Gasteiger partial charge in [0, 0.05) is 10.0 Å². The van der Waals surface area contributed by atoms with Crippen molar-refractivity contribution in [2.75, 3.05) is 6.16 Å². The summed E-state index contributed by atoms with van der Waals surface area (Å²) in [5, 5.41) is 1.17. The van der Waals surface area contributed by atoms with Crippen molar-refractivity contribution in [2.45, 2.75) is 6.92 Å². The lowest BCUT2D eigenvalue weighted by molar-refractivity contribution is 0.387. The van der Waals surface area contributed by atoms with Gasteiger partial charge in [-0.05, 0) is 48.5 Å². The van der Waals surface area contributed by atoms with Crippen LogP contribution in [0, 0.1) is 0 Å². The molecule has 0 amide bonds. The average molecular weight is 331 g/mol. The van der Waals surface area contributed by atoms with E-state index in [0.29, 0.717) is 21.5 Å². The lowest BCUT2D eigenvalue weighted by Crippen LogP contribution is -2.03. The van der Waals surface area contributed by atoms with Gasteiger partial charge in [0.1, 0.15) is 11.5 Å². The third-order valence-electron chi connectivity index (χ3n) is 2.50. The van der Waals surface area contributed by atoms with E-state index in [2.05, 4.69) is 0 Å². The Morgan fingerprint density at radius 2 is 1.20 bits per heavy atom. The summed E-state index contributed by atoms with van der Waals surface area (Å²) < 4.78 is 23.5. The fourth-order valence-corrected chi connectivity index (χ4v) is 2.89. The van der Waals surface area contributed by atoms with Gasteiger partial charge in [-0.25, -0.2) is 4.57 Å². The zero-order valence-electron chi connectivity index (χ0n) is 10.8. The Bertz CT molecular complexity index is 560. The quantitative estimate of drug-likeness (QED) is 0.663. The van der Waals surface area contributed by atoms with Crippen LogP contribution in [0.15, 0.2) is 48.5 Å². The number of rotatable bonds is 5. The molecule has 0 fully saturated rings. The van der Waals surface area contributed by atoms with Crippen molar-refractivity contribution < 1.29 is 13.6 Å². The van der Waals surface area contributed by atoms with Crippen LogP contribution in [0.3, 0.4) is 0 Å². The largest absolute Gasteiger partial charge is 0.430 e. The minimum atomic E-state index is -3.26. The molecule has 0 aliphatic heterocycles. The van der Waals surface area contributed by atoms with E-state index in [1.807, 2.05) is 0 Å². The van der Waals surface area contributed by atoms with Crippen molar-refractivity contribution in [2.24, 2.45) is 0 Å². The fraction of sp³-hybridized carbons (Fsp3) is 0.143. The van der Waals surface area contributed by atoms with E-state index in [9.17, 15) is 4.57 Å². The molecule has 0 radical (unpaired) electrons. The molecule has 0 saturated heterocycles. The molecule has 0 spiro atoms. The van der Waals surface area contributed by atoms with Crippen LogP contribution in [0.25, 0.3) is 0 Å². The Labute approximate surface area is 128 Å². The van der Waals surface area contributed by atoms with Gasteiger partial charge < -0.3 is 9.05 Å². The smallest absolute Gasteiger partial charge is 0.416 e. The lowest BCUT2D eigenvalue weighted by Gasteiger charge is -2.18. The minimum Gasteiger partial charge on any atom is -0.416 e. The molecule has 0 aliphatic rings. The average Bonchev–Trinajstić information content (AvgIpc) is 2.44. The summed E-state index contributed by atoms with van der Waals surface area (Å²) in [6.07, 6.45) is 0.248. The van der Waals surface area contributed by atoms with Gasteiger partial charge >= 0.3 is 7.60 Å². The molecule has 2 aromatic carbocycles. The molecule has 0 heterocycles. The second kappa shape index (κ2) is 6.53. The predicted octanol–water partition coefficient (Wildman–Crippen LogP) is 5.66.